The maximum absolute atomic E-state index is 12.5. The largest absolute Gasteiger partial charge is 0.368 e. The second kappa shape index (κ2) is 7.19. The van der Waals surface area contributed by atoms with Crippen molar-refractivity contribution in [1.82, 2.24) is 15.1 Å². The summed E-state index contributed by atoms with van der Waals surface area (Å²) < 4.78 is 7.38. The number of aromatic nitrogens is 2. The highest BCUT2D eigenvalue weighted by molar-refractivity contribution is 5.92. The lowest BCUT2D eigenvalue weighted by atomic mass is 9.84. The summed E-state index contributed by atoms with van der Waals surface area (Å²) in [6, 6.07) is 11.0. The van der Waals surface area contributed by atoms with Crippen molar-refractivity contribution >= 4 is 5.91 Å². The van der Waals surface area contributed by atoms with Crippen molar-refractivity contribution in [1.29, 1.82) is 0 Å². The fourth-order valence-electron chi connectivity index (χ4n) is 3.29. The minimum absolute atomic E-state index is 0.214. The van der Waals surface area contributed by atoms with Crippen LogP contribution in [0.3, 0.4) is 0 Å². The predicted molar refractivity (Wildman–Crippen MR) is 94.6 cm³/mol. The minimum atomic E-state index is -0.524. The lowest BCUT2D eigenvalue weighted by Crippen LogP contribution is -2.45. The van der Waals surface area contributed by atoms with Crippen molar-refractivity contribution in [2.24, 2.45) is 0 Å². The Balaban J connectivity index is 1.80. The quantitative estimate of drug-likeness (QED) is 0.901. The van der Waals surface area contributed by atoms with Crippen LogP contribution in [0.4, 0.5) is 0 Å². The smallest absolute Gasteiger partial charge is 0.271 e. The molecule has 1 aliphatic rings. The highest BCUT2D eigenvalue weighted by atomic mass is 16.5. The van der Waals surface area contributed by atoms with Gasteiger partial charge in [0.05, 0.1) is 13.2 Å². The van der Waals surface area contributed by atoms with Crippen LogP contribution in [0.15, 0.2) is 41.2 Å². The number of ether oxygens (including phenoxy) is 1. The molecule has 3 rings (SSSR count). The number of benzene rings is 1. The van der Waals surface area contributed by atoms with Gasteiger partial charge in [0, 0.05) is 12.6 Å². The number of aryl methyl sites for hydroxylation is 1. The van der Waals surface area contributed by atoms with Crippen LogP contribution in [-0.2, 0) is 23.3 Å². The number of fused-ring (bicyclic) bond motifs is 1. The summed E-state index contributed by atoms with van der Waals surface area (Å²) in [4.78, 5) is 24.1. The number of nitrogens with zero attached hydrogens (tertiary/aromatic N) is 2. The molecule has 0 radical (unpaired) electrons. The first-order chi connectivity index (χ1) is 12.1. The Hall–Kier alpha value is -2.47. The van der Waals surface area contributed by atoms with Crippen LogP contribution in [0.1, 0.15) is 41.9 Å². The average molecular weight is 341 g/mol. The molecule has 2 heterocycles. The Morgan fingerprint density at radius 2 is 2.08 bits per heavy atom. The Morgan fingerprint density at radius 1 is 1.28 bits per heavy atom. The van der Waals surface area contributed by atoms with Crippen molar-refractivity contribution in [2.75, 3.05) is 13.2 Å². The normalized spacial score (nSPS) is 19.3. The molecular weight excluding hydrogens is 318 g/mol. The highest BCUT2D eigenvalue weighted by Crippen LogP contribution is 2.35. The Labute approximate surface area is 146 Å². The van der Waals surface area contributed by atoms with Gasteiger partial charge in [-0.05, 0) is 37.0 Å². The fourth-order valence-corrected chi connectivity index (χ4v) is 3.29. The van der Waals surface area contributed by atoms with E-state index in [1.165, 1.54) is 22.4 Å². The van der Waals surface area contributed by atoms with Gasteiger partial charge in [-0.3, -0.25) is 9.59 Å². The number of rotatable bonds is 5. The lowest BCUT2D eigenvalue weighted by Gasteiger charge is -2.38. The van der Waals surface area contributed by atoms with Gasteiger partial charge in [-0.15, -0.1) is 0 Å². The number of hydrogen-bond donors (Lipinski definition) is 1. The number of carbonyl (C=O) groups excluding carboxylic acids is 1. The number of carbonyl (C=O) groups is 1. The summed E-state index contributed by atoms with van der Waals surface area (Å²) >= 11 is 0. The van der Waals surface area contributed by atoms with Crippen LogP contribution < -0.4 is 10.9 Å². The SMILES string of the molecule is CCn1nc(C(=O)NCC2(CC)OCCc3ccccc32)ccc1=O. The second-order valence-corrected chi connectivity index (χ2v) is 6.16. The third-order valence-corrected chi connectivity index (χ3v) is 4.76. The molecule has 25 heavy (non-hydrogen) atoms. The van der Waals surface area contributed by atoms with Crippen molar-refractivity contribution < 1.29 is 9.53 Å². The van der Waals surface area contributed by atoms with Gasteiger partial charge in [-0.25, -0.2) is 4.68 Å². The van der Waals surface area contributed by atoms with E-state index in [0.717, 1.165) is 18.4 Å². The van der Waals surface area contributed by atoms with Gasteiger partial charge in [-0.2, -0.15) is 5.10 Å². The molecule has 0 fully saturated rings. The summed E-state index contributed by atoms with van der Waals surface area (Å²) in [5.41, 5.74) is 1.90. The van der Waals surface area contributed by atoms with Crippen LogP contribution >= 0.6 is 0 Å². The van der Waals surface area contributed by atoms with E-state index in [4.69, 9.17) is 4.74 Å². The molecule has 132 valence electrons. The maximum Gasteiger partial charge on any atom is 0.271 e. The molecule has 0 bridgehead atoms. The van der Waals surface area contributed by atoms with Gasteiger partial charge >= 0.3 is 0 Å². The molecule has 1 aromatic carbocycles. The summed E-state index contributed by atoms with van der Waals surface area (Å²) in [6.07, 6.45) is 1.64. The van der Waals surface area contributed by atoms with Crippen molar-refractivity contribution in [3.05, 3.63) is 63.6 Å². The molecule has 2 aromatic rings. The molecule has 0 spiro atoms. The van der Waals surface area contributed by atoms with E-state index in [1.807, 2.05) is 19.1 Å². The molecule has 0 aliphatic carbocycles. The average Bonchev–Trinajstić information content (AvgIpc) is 2.66. The van der Waals surface area contributed by atoms with Crippen LogP contribution in [-0.4, -0.2) is 28.8 Å². The molecule has 6 heteroatoms. The minimum Gasteiger partial charge on any atom is -0.368 e. The van der Waals surface area contributed by atoms with Gasteiger partial charge in [0.2, 0.25) is 0 Å². The molecule has 0 saturated carbocycles. The number of nitrogens with one attached hydrogen (secondary N) is 1. The van der Waals surface area contributed by atoms with Crippen LogP contribution in [0.2, 0.25) is 0 Å². The number of amides is 1. The van der Waals surface area contributed by atoms with Crippen LogP contribution in [0, 0.1) is 0 Å². The van der Waals surface area contributed by atoms with E-state index in [2.05, 4.69) is 29.5 Å². The van der Waals surface area contributed by atoms with Gasteiger partial charge in [0.15, 0.2) is 0 Å². The summed E-state index contributed by atoms with van der Waals surface area (Å²) in [6.45, 7) is 5.31. The topological polar surface area (TPSA) is 73.2 Å². The van der Waals surface area contributed by atoms with Gasteiger partial charge in [-0.1, -0.05) is 31.2 Å². The van der Waals surface area contributed by atoms with Crippen LogP contribution in [0.5, 0.6) is 0 Å². The Bertz CT molecular complexity index is 831. The molecular formula is C19H23N3O3. The zero-order valence-electron chi connectivity index (χ0n) is 14.6. The van der Waals surface area contributed by atoms with Gasteiger partial charge in [0.25, 0.3) is 11.5 Å². The first-order valence-electron chi connectivity index (χ1n) is 8.68. The maximum atomic E-state index is 12.5. The first kappa shape index (κ1) is 17.4. The van der Waals surface area contributed by atoms with E-state index in [1.54, 1.807) is 0 Å². The van der Waals surface area contributed by atoms with E-state index in [9.17, 15) is 9.59 Å². The monoisotopic (exact) mass is 341 g/mol. The molecule has 1 N–H and O–H groups in total. The predicted octanol–water partition coefficient (Wildman–Crippen LogP) is 1.87. The number of hydrogen-bond acceptors (Lipinski definition) is 4. The molecule has 0 saturated heterocycles. The van der Waals surface area contributed by atoms with E-state index < -0.39 is 5.60 Å². The molecule has 1 aromatic heterocycles. The van der Waals surface area contributed by atoms with Crippen LogP contribution in [0.25, 0.3) is 0 Å². The fraction of sp³-hybridized carbons (Fsp3) is 0.421. The van der Waals surface area contributed by atoms with Gasteiger partial charge in [0.1, 0.15) is 11.3 Å². The van der Waals surface area contributed by atoms with Crippen molar-refractivity contribution in [2.45, 2.75) is 38.8 Å². The summed E-state index contributed by atoms with van der Waals surface area (Å²) in [5.74, 6) is -0.304. The molecule has 1 amide bonds. The summed E-state index contributed by atoms with van der Waals surface area (Å²) in [5, 5.41) is 7.03. The zero-order chi connectivity index (χ0) is 17.9. The second-order valence-electron chi connectivity index (χ2n) is 6.16. The standard InChI is InChI=1S/C19H23N3O3/c1-3-19(15-8-6-5-7-14(15)11-12-25-19)13-20-18(24)16-9-10-17(23)22(4-2)21-16/h5-10H,3-4,11-13H2,1-2H3,(H,20,24). The lowest BCUT2D eigenvalue weighted by molar-refractivity contribution is -0.0606. The third-order valence-electron chi connectivity index (χ3n) is 4.76. The molecule has 1 atom stereocenters. The van der Waals surface area contributed by atoms with E-state index >= 15 is 0 Å². The Morgan fingerprint density at radius 3 is 2.84 bits per heavy atom. The third kappa shape index (κ3) is 3.35. The van der Waals surface area contributed by atoms with Crippen molar-refractivity contribution in [3.8, 4) is 0 Å². The van der Waals surface area contributed by atoms with E-state index in [-0.39, 0.29) is 17.2 Å². The summed E-state index contributed by atoms with van der Waals surface area (Å²) in [7, 11) is 0. The first-order valence-corrected chi connectivity index (χ1v) is 8.68. The molecule has 1 unspecified atom stereocenters. The Kier molecular flexibility index (Phi) is 4.99. The molecule has 6 nitrogen and oxygen atoms in total. The van der Waals surface area contributed by atoms with Gasteiger partial charge < -0.3 is 10.1 Å². The molecule has 1 aliphatic heterocycles. The van der Waals surface area contributed by atoms with Crippen molar-refractivity contribution in [3.63, 3.8) is 0 Å². The van der Waals surface area contributed by atoms with E-state index in [0.29, 0.717) is 19.7 Å². The zero-order valence-corrected chi connectivity index (χ0v) is 14.6. The highest BCUT2D eigenvalue weighted by Gasteiger charge is 2.36.